The largest absolute Gasteiger partial charge is 0.496 e. The second-order valence-corrected chi connectivity index (χ2v) is 6.03. The molecule has 0 bridgehead atoms. The predicted octanol–water partition coefficient (Wildman–Crippen LogP) is 4.09. The Morgan fingerprint density at radius 3 is 2.68 bits per heavy atom. The van der Waals surface area contributed by atoms with E-state index in [4.69, 9.17) is 4.74 Å². The van der Waals surface area contributed by atoms with Gasteiger partial charge in [0.25, 0.3) is 0 Å². The molecule has 3 atom stereocenters. The van der Waals surface area contributed by atoms with E-state index in [0.29, 0.717) is 6.04 Å². The number of hydrogen-bond acceptors (Lipinski definition) is 2. The molecule has 1 aromatic rings. The first-order chi connectivity index (χ1) is 9.15. The first kappa shape index (κ1) is 14.4. The molecule has 19 heavy (non-hydrogen) atoms. The van der Waals surface area contributed by atoms with Crippen molar-refractivity contribution in [2.45, 2.75) is 45.6 Å². The van der Waals surface area contributed by atoms with E-state index in [-0.39, 0.29) is 0 Å². The molecule has 0 heterocycles. The molecule has 0 aliphatic heterocycles. The van der Waals surface area contributed by atoms with Crippen molar-refractivity contribution >= 4 is 0 Å². The van der Waals surface area contributed by atoms with Crippen LogP contribution < -0.4 is 10.1 Å². The molecule has 2 rings (SSSR count). The molecule has 1 aromatic carbocycles. The molecule has 2 heteroatoms. The van der Waals surface area contributed by atoms with Crippen LogP contribution in [0.1, 0.15) is 49.8 Å². The van der Waals surface area contributed by atoms with Crippen molar-refractivity contribution in [3.63, 3.8) is 0 Å². The Morgan fingerprint density at radius 1 is 1.32 bits per heavy atom. The lowest BCUT2D eigenvalue weighted by Crippen LogP contribution is -2.29. The van der Waals surface area contributed by atoms with Gasteiger partial charge >= 0.3 is 0 Å². The first-order valence-electron chi connectivity index (χ1n) is 7.47. The Labute approximate surface area is 117 Å². The Hall–Kier alpha value is -1.02. The highest BCUT2D eigenvalue weighted by atomic mass is 16.5. The Bertz CT molecular complexity index is 416. The maximum Gasteiger partial charge on any atom is 0.121 e. The lowest BCUT2D eigenvalue weighted by atomic mass is 9.76. The molecule has 0 amide bonds. The van der Waals surface area contributed by atoms with Gasteiger partial charge in [0.2, 0.25) is 0 Å². The topological polar surface area (TPSA) is 21.3 Å². The molecule has 1 aliphatic rings. The normalized spacial score (nSPS) is 25.1. The van der Waals surface area contributed by atoms with Crippen LogP contribution in [0.5, 0.6) is 5.75 Å². The standard InChI is InChI=1S/C17H27NO/c1-12-6-5-7-14(10-12)17(18-3)15-8-9-16(19-4)13(2)11-15/h8-9,11-12,14,17-18H,5-7,10H2,1-4H3. The van der Waals surface area contributed by atoms with E-state index in [1.54, 1.807) is 7.11 Å². The Morgan fingerprint density at radius 2 is 2.11 bits per heavy atom. The summed E-state index contributed by atoms with van der Waals surface area (Å²) in [6.45, 7) is 4.51. The van der Waals surface area contributed by atoms with Crippen molar-refractivity contribution in [3.05, 3.63) is 29.3 Å². The van der Waals surface area contributed by atoms with Crippen LogP contribution in [0.3, 0.4) is 0 Å². The third-order valence-electron chi connectivity index (χ3n) is 4.54. The highest BCUT2D eigenvalue weighted by Crippen LogP contribution is 2.37. The van der Waals surface area contributed by atoms with Gasteiger partial charge in [-0.2, -0.15) is 0 Å². The molecule has 0 saturated heterocycles. The number of methoxy groups -OCH3 is 1. The summed E-state index contributed by atoms with van der Waals surface area (Å²) in [4.78, 5) is 0. The zero-order chi connectivity index (χ0) is 13.8. The molecule has 106 valence electrons. The fraction of sp³-hybridized carbons (Fsp3) is 0.647. The lowest BCUT2D eigenvalue weighted by molar-refractivity contribution is 0.230. The monoisotopic (exact) mass is 261 g/mol. The Balaban J connectivity index is 2.19. The summed E-state index contributed by atoms with van der Waals surface area (Å²) in [7, 11) is 3.82. The highest BCUT2D eigenvalue weighted by molar-refractivity contribution is 5.37. The van der Waals surface area contributed by atoms with Crippen LogP contribution in [0.4, 0.5) is 0 Å². The summed E-state index contributed by atoms with van der Waals surface area (Å²) in [5.74, 6) is 2.62. The van der Waals surface area contributed by atoms with E-state index >= 15 is 0 Å². The third kappa shape index (κ3) is 3.30. The van der Waals surface area contributed by atoms with Crippen LogP contribution in [-0.4, -0.2) is 14.2 Å². The van der Waals surface area contributed by atoms with E-state index in [0.717, 1.165) is 17.6 Å². The van der Waals surface area contributed by atoms with Gasteiger partial charge < -0.3 is 10.1 Å². The second-order valence-electron chi connectivity index (χ2n) is 6.03. The first-order valence-corrected chi connectivity index (χ1v) is 7.47. The maximum atomic E-state index is 5.36. The van der Waals surface area contributed by atoms with Crippen molar-refractivity contribution < 1.29 is 4.74 Å². The number of nitrogens with one attached hydrogen (secondary N) is 1. The zero-order valence-electron chi connectivity index (χ0n) is 12.7. The van der Waals surface area contributed by atoms with Gasteiger partial charge in [0.1, 0.15) is 5.75 Å². The molecule has 0 aromatic heterocycles. The molecule has 1 aliphatic carbocycles. The van der Waals surface area contributed by atoms with Crippen molar-refractivity contribution in [2.24, 2.45) is 11.8 Å². The molecule has 2 nitrogen and oxygen atoms in total. The molecule has 1 saturated carbocycles. The minimum atomic E-state index is 0.479. The van der Waals surface area contributed by atoms with Crippen LogP contribution in [0, 0.1) is 18.8 Å². The van der Waals surface area contributed by atoms with Gasteiger partial charge in [0, 0.05) is 6.04 Å². The summed E-state index contributed by atoms with van der Waals surface area (Å²) in [5.41, 5.74) is 2.63. The number of hydrogen-bond donors (Lipinski definition) is 1. The van der Waals surface area contributed by atoms with Crippen LogP contribution in [0.15, 0.2) is 18.2 Å². The average Bonchev–Trinajstić information content (AvgIpc) is 2.40. The van der Waals surface area contributed by atoms with E-state index < -0.39 is 0 Å². The van der Waals surface area contributed by atoms with Crippen molar-refractivity contribution in [3.8, 4) is 5.75 Å². The highest BCUT2D eigenvalue weighted by Gasteiger charge is 2.27. The molecule has 3 unspecified atom stereocenters. The lowest BCUT2D eigenvalue weighted by Gasteiger charge is -2.33. The van der Waals surface area contributed by atoms with Crippen molar-refractivity contribution in [2.75, 3.05) is 14.2 Å². The smallest absolute Gasteiger partial charge is 0.121 e. The quantitative estimate of drug-likeness (QED) is 0.881. The molecule has 1 fully saturated rings. The fourth-order valence-electron chi connectivity index (χ4n) is 3.55. The summed E-state index contributed by atoms with van der Waals surface area (Å²) in [5, 5.41) is 3.53. The SMILES string of the molecule is CNC(c1ccc(OC)c(C)c1)C1CCCC(C)C1. The second kappa shape index (κ2) is 6.42. The van der Waals surface area contributed by atoms with Gasteiger partial charge in [-0.15, -0.1) is 0 Å². The summed E-state index contributed by atoms with van der Waals surface area (Å²) in [6.07, 6.45) is 5.46. The fourth-order valence-corrected chi connectivity index (χ4v) is 3.55. The Kier molecular flexibility index (Phi) is 4.87. The maximum absolute atomic E-state index is 5.36. The van der Waals surface area contributed by atoms with E-state index in [9.17, 15) is 0 Å². The summed E-state index contributed by atoms with van der Waals surface area (Å²) in [6, 6.07) is 7.07. The molecule has 1 N–H and O–H groups in total. The van der Waals surface area contributed by atoms with Gasteiger partial charge in [-0.25, -0.2) is 0 Å². The minimum Gasteiger partial charge on any atom is -0.496 e. The molecule has 0 spiro atoms. The number of benzene rings is 1. The molecule has 0 radical (unpaired) electrons. The van der Waals surface area contributed by atoms with E-state index in [2.05, 4.69) is 44.4 Å². The molecular formula is C17H27NO. The summed E-state index contributed by atoms with van der Waals surface area (Å²) >= 11 is 0. The van der Waals surface area contributed by atoms with E-state index in [1.807, 2.05) is 0 Å². The minimum absolute atomic E-state index is 0.479. The third-order valence-corrected chi connectivity index (χ3v) is 4.54. The predicted molar refractivity (Wildman–Crippen MR) is 80.7 cm³/mol. The van der Waals surface area contributed by atoms with Crippen LogP contribution in [0.2, 0.25) is 0 Å². The van der Waals surface area contributed by atoms with Crippen LogP contribution in [-0.2, 0) is 0 Å². The van der Waals surface area contributed by atoms with Gasteiger partial charge in [-0.3, -0.25) is 0 Å². The van der Waals surface area contributed by atoms with Crippen LogP contribution >= 0.6 is 0 Å². The number of rotatable bonds is 4. The van der Waals surface area contributed by atoms with E-state index in [1.165, 1.54) is 36.8 Å². The van der Waals surface area contributed by atoms with Gasteiger partial charge in [0.15, 0.2) is 0 Å². The average molecular weight is 261 g/mol. The van der Waals surface area contributed by atoms with Crippen molar-refractivity contribution in [1.29, 1.82) is 0 Å². The molecular weight excluding hydrogens is 234 g/mol. The number of aryl methyl sites for hydroxylation is 1. The van der Waals surface area contributed by atoms with Crippen molar-refractivity contribution in [1.82, 2.24) is 5.32 Å². The summed E-state index contributed by atoms with van der Waals surface area (Å²) < 4.78 is 5.36. The van der Waals surface area contributed by atoms with Gasteiger partial charge in [-0.1, -0.05) is 31.9 Å². The zero-order valence-corrected chi connectivity index (χ0v) is 12.7. The van der Waals surface area contributed by atoms with Gasteiger partial charge in [-0.05, 0) is 55.8 Å². The van der Waals surface area contributed by atoms with Gasteiger partial charge in [0.05, 0.1) is 7.11 Å². The number of ether oxygens (including phenoxy) is 1. The van der Waals surface area contributed by atoms with Crippen LogP contribution in [0.25, 0.3) is 0 Å².